The number of hydrogen-bond acceptors (Lipinski definition) is 3. The number of aryl methyl sites for hydroxylation is 2. The van der Waals surface area contributed by atoms with Crippen molar-refractivity contribution in [2.24, 2.45) is 5.73 Å². The lowest BCUT2D eigenvalue weighted by Crippen LogP contribution is -1.99. The minimum atomic E-state index is 0.759. The molecule has 0 amide bonds. The summed E-state index contributed by atoms with van der Waals surface area (Å²) in [5.41, 5.74) is 7.73. The molecular formula is C10H18N2O. The molecule has 0 atom stereocenters. The molecule has 1 aromatic heterocycles. The van der Waals surface area contributed by atoms with Gasteiger partial charge in [0.1, 0.15) is 5.76 Å². The lowest BCUT2D eigenvalue weighted by molar-refractivity contribution is 0.375. The number of aromatic nitrogens is 1. The Labute approximate surface area is 79.3 Å². The Morgan fingerprint density at radius 1 is 1.38 bits per heavy atom. The zero-order valence-corrected chi connectivity index (χ0v) is 8.47. The molecule has 3 nitrogen and oxygen atoms in total. The average molecular weight is 182 g/mol. The molecule has 0 fully saturated rings. The highest BCUT2D eigenvalue weighted by molar-refractivity contribution is 5.21. The second-order valence-electron chi connectivity index (χ2n) is 3.27. The highest BCUT2D eigenvalue weighted by atomic mass is 16.5. The number of hydrogen-bond donors (Lipinski definition) is 1. The van der Waals surface area contributed by atoms with Gasteiger partial charge in [0.2, 0.25) is 0 Å². The van der Waals surface area contributed by atoms with Gasteiger partial charge in [-0.25, -0.2) is 0 Å². The third kappa shape index (κ3) is 2.56. The van der Waals surface area contributed by atoms with E-state index in [1.54, 1.807) is 0 Å². The van der Waals surface area contributed by atoms with Crippen LogP contribution in [0, 0.1) is 6.92 Å². The van der Waals surface area contributed by atoms with E-state index in [0.717, 1.165) is 43.7 Å². The summed E-state index contributed by atoms with van der Waals surface area (Å²) in [5, 5.41) is 3.96. The number of unbranched alkanes of at least 4 members (excludes halogenated alkanes) is 1. The first-order chi connectivity index (χ1) is 6.29. The summed E-state index contributed by atoms with van der Waals surface area (Å²) >= 11 is 0. The summed E-state index contributed by atoms with van der Waals surface area (Å²) in [4.78, 5) is 0. The Hall–Kier alpha value is -0.830. The molecule has 1 heterocycles. The number of rotatable bonds is 5. The molecule has 74 valence electrons. The minimum Gasteiger partial charge on any atom is -0.361 e. The van der Waals surface area contributed by atoms with E-state index in [-0.39, 0.29) is 0 Å². The van der Waals surface area contributed by atoms with Gasteiger partial charge in [-0.05, 0) is 32.7 Å². The molecule has 0 aliphatic heterocycles. The molecule has 13 heavy (non-hydrogen) atoms. The van der Waals surface area contributed by atoms with Gasteiger partial charge in [-0.3, -0.25) is 0 Å². The summed E-state index contributed by atoms with van der Waals surface area (Å²) in [6.45, 7) is 4.88. The monoisotopic (exact) mass is 182 g/mol. The van der Waals surface area contributed by atoms with Gasteiger partial charge in [-0.15, -0.1) is 0 Å². The van der Waals surface area contributed by atoms with E-state index in [4.69, 9.17) is 10.3 Å². The highest BCUT2D eigenvalue weighted by Crippen LogP contribution is 2.16. The van der Waals surface area contributed by atoms with Gasteiger partial charge in [0.15, 0.2) is 0 Å². The fourth-order valence-electron chi connectivity index (χ4n) is 1.51. The molecule has 1 aromatic rings. The van der Waals surface area contributed by atoms with Crippen LogP contribution in [-0.4, -0.2) is 11.7 Å². The fourth-order valence-corrected chi connectivity index (χ4v) is 1.51. The Morgan fingerprint density at radius 2 is 2.15 bits per heavy atom. The van der Waals surface area contributed by atoms with Gasteiger partial charge >= 0.3 is 0 Å². The van der Waals surface area contributed by atoms with Crippen molar-refractivity contribution >= 4 is 0 Å². The molecule has 1 rings (SSSR count). The van der Waals surface area contributed by atoms with Crippen LogP contribution in [0.2, 0.25) is 0 Å². The van der Waals surface area contributed by atoms with E-state index in [0.29, 0.717) is 0 Å². The topological polar surface area (TPSA) is 52.0 Å². The molecule has 2 N–H and O–H groups in total. The van der Waals surface area contributed by atoms with Crippen molar-refractivity contribution in [3.05, 3.63) is 17.0 Å². The molecule has 0 saturated carbocycles. The minimum absolute atomic E-state index is 0.759. The fraction of sp³-hybridized carbons (Fsp3) is 0.700. The van der Waals surface area contributed by atoms with Crippen LogP contribution in [0.4, 0.5) is 0 Å². The highest BCUT2D eigenvalue weighted by Gasteiger charge is 2.09. The summed E-state index contributed by atoms with van der Waals surface area (Å²) in [6.07, 6.45) is 4.13. The first-order valence-electron chi connectivity index (χ1n) is 4.93. The van der Waals surface area contributed by atoms with Crippen LogP contribution < -0.4 is 5.73 Å². The molecule has 0 bridgehead atoms. The zero-order chi connectivity index (χ0) is 9.68. The van der Waals surface area contributed by atoms with Crippen LogP contribution in [0.25, 0.3) is 0 Å². The van der Waals surface area contributed by atoms with Gasteiger partial charge in [0.25, 0.3) is 0 Å². The lowest BCUT2D eigenvalue weighted by atomic mass is 10.1. The second kappa shape index (κ2) is 5.02. The summed E-state index contributed by atoms with van der Waals surface area (Å²) in [6, 6.07) is 0. The van der Waals surface area contributed by atoms with E-state index in [2.05, 4.69) is 12.1 Å². The van der Waals surface area contributed by atoms with Gasteiger partial charge in [-0.2, -0.15) is 0 Å². The van der Waals surface area contributed by atoms with Crippen LogP contribution in [0.3, 0.4) is 0 Å². The van der Waals surface area contributed by atoms with Crippen molar-refractivity contribution in [2.45, 2.75) is 39.5 Å². The van der Waals surface area contributed by atoms with Crippen molar-refractivity contribution in [1.29, 1.82) is 0 Å². The average Bonchev–Trinajstić information content (AvgIpc) is 2.47. The maximum Gasteiger partial charge on any atom is 0.140 e. The van der Waals surface area contributed by atoms with Crippen LogP contribution in [0.5, 0.6) is 0 Å². The van der Waals surface area contributed by atoms with E-state index >= 15 is 0 Å². The summed E-state index contributed by atoms with van der Waals surface area (Å²) in [5.74, 6) is 1.05. The van der Waals surface area contributed by atoms with E-state index in [1.165, 1.54) is 5.56 Å². The van der Waals surface area contributed by atoms with Crippen LogP contribution in [0.1, 0.15) is 36.8 Å². The normalized spacial score (nSPS) is 10.7. The van der Waals surface area contributed by atoms with Gasteiger partial charge < -0.3 is 10.3 Å². The molecule has 0 radical (unpaired) electrons. The van der Waals surface area contributed by atoms with Crippen molar-refractivity contribution < 1.29 is 4.52 Å². The third-order valence-corrected chi connectivity index (χ3v) is 2.28. The summed E-state index contributed by atoms with van der Waals surface area (Å²) < 4.78 is 5.24. The number of nitrogens with two attached hydrogens (primary N) is 1. The Bertz CT molecular complexity index is 255. The second-order valence-corrected chi connectivity index (χ2v) is 3.27. The standard InChI is InChI=1S/C10H18N2O/c1-3-9-8(2)12-13-10(9)6-4-5-7-11/h3-7,11H2,1-2H3. The first kappa shape index (κ1) is 10.3. The maximum absolute atomic E-state index is 5.42. The van der Waals surface area contributed by atoms with E-state index in [1.807, 2.05) is 6.92 Å². The van der Waals surface area contributed by atoms with Crippen LogP contribution >= 0.6 is 0 Å². The lowest BCUT2D eigenvalue weighted by Gasteiger charge is -1.97. The van der Waals surface area contributed by atoms with Gasteiger partial charge in [-0.1, -0.05) is 12.1 Å². The molecule has 0 aliphatic carbocycles. The SMILES string of the molecule is CCc1c(C)noc1CCCCN. The smallest absolute Gasteiger partial charge is 0.140 e. The molecule has 0 aromatic carbocycles. The van der Waals surface area contributed by atoms with Gasteiger partial charge in [0, 0.05) is 12.0 Å². The quantitative estimate of drug-likeness (QED) is 0.707. The predicted molar refractivity (Wildman–Crippen MR) is 52.6 cm³/mol. The molecule has 0 saturated heterocycles. The van der Waals surface area contributed by atoms with Crippen molar-refractivity contribution in [3.63, 3.8) is 0 Å². The number of nitrogens with zero attached hydrogens (tertiary/aromatic N) is 1. The maximum atomic E-state index is 5.42. The molecule has 0 aliphatic rings. The molecular weight excluding hydrogens is 164 g/mol. The van der Waals surface area contributed by atoms with E-state index < -0.39 is 0 Å². The van der Waals surface area contributed by atoms with Crippen molar-refractivity contribution in [1.82, 2.24) is 5.16 Å². The first-order valence-corrected chi connectivity index (χ1v) is 4.93. The van der Waals surface area contributed by atoms with E-state index in [9.17, 15) is 0 Å². The Morgan fingerprint density at radius 3 is 2.77 bits per heavy atom. The van der Waals surface area contributed by atoms with Crippen LogP contribution in [0.15, 0.2) is 4.52 Å². The summed E-state index contributed by atoms with van der Waals surface area (Å²) in [7, 11) is 0. The molecule has 3 heteroatoms. The Balaban J connectivity index is 2.55. The Kier molecular flexibility index (Phi) is 3.96. The third-order valence-electron chi connectivity index (χ3n) is 2.28. The van der Waals surface area contributed by atoms with Gasteiger partial charge in [0.05, 0.1) is 5.69 Å². The van der Waals surface area contributed by atoms with Crippen LogP contribution in [-0.2, 0) is 12.8 Å². The largest absolute Gasteiger partial charge is 0.361 e. The zero-order valence-electron chi connectivity index (χ0n) is 8.47. The van der Waals surface area contributed by atoms with Crippen molar-refractivity contribution in [3.8, 4) is 0 Å². The van der Waals surface area contributed by atoms with Crippen molar-refractivity contribution in [2.75, 3.05) is 6.54 Å². The predicted octanol–water partition coefficient (Wildman–Crippen LogP) is 1.83. The molecule has 0 spiro atoms. The molecule has 0 unspecified atom stereocenters.